The zero-order chi connectivity index (χ0) is 24.6. The van der Waals surface area contributed by atoms with Gasteiger partial charge in [0.25, 0.3) is 12.3 Å². The Labute approximate surface area is 197 Å². The largest absolute Gasteiger partial charge is 0.363 e. The Bertz CT molecular complexity index is 1090. The van der Waals surface area contributed by atoms with Crippen molar-refractivity contribution in [3.05, 3.63) is 51.7 Å². The first kappa shape index (κ1) is 24.4. The van der Waals surface area contributed by atoms with Crippen molar-refractivity contribution in [1.82, 2.24) is 25.1 Å². The Morgan fingerprint density at radius 2 is 1.94 bits per heavy atom. The number of urea groups is 1. The Balaban J connectivity index is 1.55. The number of fused-ring (bicyclic) bond motifs is 1. The van der Waals surface area contributed by atoms with Gasteiger partial charge < -0.3 is 20.4 Å². The molecular weight excluding hydrogens is 483 g/mol. The van der Waals surface area contributed by atoms with Crippen molar-refractivity contribution < 1.29 is 26.7 Å². The van der Waals surface area contributed by atoms with Gasteiger partial charge in [-0.05, 0) is 18.5 Å². The summed E-state index contributed by atoms with van der Waals surface area (Å²) in [4.78, 5) is 23.7. The van der Waals surface area contributed by atoms with E-state index in [1.165, 1.54) is 17.0 Å². The Hall–Kier alpha value is -2.73. The summed E-state index contributed by atoms with van der Waals surface area (Å²) in [6, 6.07) is 2.38. The number of rotatable bonds is 4. The molecule has 2 aromatic rings. The molecule has 0 spiro atoms. The third-order valence-corrected chi connectivity index (χ3v) is 5.94. The molecular formula is C21H22ClF5N6O. The zero-order valence-electron chi connectivity index (χ0n) is 18.1. The summed E-state index contributed by atoms with van der Waals surface area (Å²) in [6.07, 6.45) is -2.97. The summed E-state index contributed by atoms with van der Waals surface area (Å²) in [7, 11) is 0. The van der Waals surface area contributed by atoms with Crippen molar-refractivity contribution in [3.63, 3.8) is 0 Å². The van der Waals surface area contributed by atoms with Gasteiger partial charge in [0.15, 0.2) is 0 Å². The smallest absolute Gasteiger partial charge is 0.320 e. The number of benzene rings is 1. The topological polar surface area (TPSA) is 73.4 Å². The van der Waals surface area contributed by atoms with Crippen molar-refractivity contribution in [2.75, 3.05) is 31.5 Å². The number of amides is 2. The minimum Gasteiger partial charge on any atom is -0.363 e. The van der Waals surface area contributed by atoms with Gasteiger partial charge in [-0.15, -0.1) is 0 Å². The number of nitrogens with zero attached hydrogens (tertiary/aromatic N) is 4. The third-order valence-electron chi connectivity index (χ3n) is 5.77. The van der Waals surface area contributed by atoms with Crippen LogP contribution in [-0.2, 0) is 13.1 Å². The molecule has 13 heteroatoms. The minimum absolute atomic E-state index is 0.00603. The van der Waals surface area contributed by atoms with Crippen molar-refractivity contribution >= 4 is 23.4 Å². The second kappa shape index (κ2) is 9.49. The van der Waals surface area contributed by atoms with Crippen LogP contribution in [0.15, 0.2) is 18.2 Å². The molecule has 0 unspecified atom stereocenters. The second-order valence-corrected chi connectivity index (χ2v) is 8.61. The summed E-state index contributed by atoms with van der Waals surface area (Å²) in [5.74, 6) is -3.87. The van der Waals surface area contributed by atoms with E-state index in [2.05, 4.69) is 20.6 Å². The van der Waals surface area contributed by atoms with E-state index in [0.29, 0.717) is 11.3 Å². The van der Waals surface area contributed by atoms with E-state index in [4.69, 9.17) is 11.6 Å². The molecule has 1 saturated heterocycles. The molecule has 0 aliphatic carbocycles. The van der Waals surface area contributed by atoms with Crippen LogP contribution in [0.4, 0.5) is 32.6 Å². The van der Waals surface area contributed by atoms with Gasteiger partial charge in [0, 0.05) is 24.2 Å². The van der Waals surface area contributed by atoms with Crippen LogP contribution in [0.1, 0.15) is 41.8 Å². The molecule has 1 fully saturated rings. The molecule has 34 heavy (non-hydrogen) atoms. The number of nitrogens with one attached hydrogen (secondary N) is 2. The van der Waals surface area contributed by atoms with E-state index in [1.807, 2.05) is 0 Å². The maximum Gasteiger partial charge on any atom is 0.320 e. The van der Waals surface area contributed by atoms with E-state index in [1.54, 1.807) is 6.92 Å². The second-order valence-electron chi connectivity index (χ2n) is 8.28. The van der Waals surface area contributed by atoms with Gasteiger partial charge in [0.2, 0.25) is 5.28 Å². The highest BCUT2D eigenvalue weighted by Gasteiger charge is 2.38. The van der Waals surface area contributed by atoms with Crippen LogP contribution in [0.25, 0.3) is 0 Å². The molecule has 0 bridgehead atoms. The molecule has 4 rings (SSSR count). The molecule has 184 valence electrons. The quantitative estimate of drug-likeness (QED) is 0.478. The molecule has 1 atom stereocenters. The molecule has 2 amide bonds. The van der Waals surface area contributed by atoms with E-state index < -0.39 is 48.9 Å². The highest BCUT2D eigenvalue weighted by atomic mass is 35.5. The normalized spacial score (nSPS) is 18.6. The first-order chi connectivity index (χ1) is 16.1. The number of aromatic nitrogens is 2. The highest BCUT2D eigenvalue weighted by molar-refractivity contribution is 6.28. The SMILES string of the molecule is C[C@@H](Nc1nc(Cl)nc2c1CN(C(=O)N1CCNCC(F)(F)C1)C2)c1cccc(C(F)F)c1F. The standard InChI is InChI=1S/C21H22ClF5N6O/c1-11(12-3-2-4-13(16(12)23)17(24)25)29-18-14-7-33(8-15(14)30-19(22)31-18)20(34)32-6-5-28-9-21(26,27)10-32/h2-4,11,17,28H,5-10H2,1H3,(H,29,30,31)/t11-/m1/s1. The van der Waals surface area contributed by atoms with Crippen molar-refractivity contribution in [1.29, 1.82) is 0 Å². The zero-order valence-corrected chi connectivity index (χ0v) is 18.9. The molecule has 0 radical (unpaired) electrons. The maximum atomic E-state index is 14.6. The molecule has 2 N–H and O–H groups in total. The number of anilines is 1. The van der Waals surface area contributed by atoms with E-state index >= 15 is 0 Å². The van der Waals surface area contributed by atoms with Gasteiger partial charge in [0.1, 0.15) is 11.6 Å². The number of halogens is 6. The molecule has 0 saturated carbocycles. The van der Waals surface area contributed by atoms with Gasteiger partial charge in [-0.1, -0.05) is 18.2 Å². The highest BCUT2D eigenvalue weighted by Crippen LogP contribution is 2.33. The van der Waals surface area contributed by atoms with Gasteiger partial charge >= 0.3 is 6.03 Å². The Morgan fingerprint density at radius 1 is 1.21 bits per heavy atom. The fourth-order valence-electron chi connectivity index (χ4n) is 4.10. The van der Waals surface area contributed by atoms with Crippen LogP contribution in [0.2, 0.25) is 5.28 Å². The fourth-order valence-corrected chi connectivity index (χ4v) is 4.28. The van der Waals surface area contributed by atoms with Gasteiger partial charge in [-0.3, -0.25) is 0 Å². The van der Waals surface area contributed by atoms with Crippen molar-refractivity contribution in [2.24, 2.45) is 0 Å². The van der Waals surface area contributed by atoms with Crippen LogP contribution >= 0.6 is 11.6 Å². The summed E-state index contributed by atoms with van der Waals surface area (Å²) < 4.78 is 68.7. The monoisotopic (exact) mass is 504 g/mol. The Kier molecular flexibility index (Phi) is 6.81. The number of hydrogen-bond acceptors (Lipinski definition) is 5. The summed E-state index contributed by atoms with van der Waals surface area (Å²) in [6.45, 7) is 0.768. The van der Waals surface area contributed by atoms with Gasteiger partial charge in [-0.2, -0.15) is 0 Å². The number of carbonyl (C=O) groups excluding carboxylic acids is 1. The number of alkyl halides is 4. The third kappa shape index (κ3) is 5.02. The molecule has 7 nitrogen and oxygen atoms in total. The van der Waals surface area contributed by atoms with E-state index in [0.717, 1.165) is 11.0 Å². The van der Waals surface area contributed by atoms with Crippen LogP contribution in [0.5, 0.6) is 0 Å². The van der Waals surface area contributed by atoms with Crippen LogP contribution in [0, 0.1) is 5.82 Å². The van der Waals surface area contributed by atoms with Gasteiger partial charge in [-0.25, -0.2) is 36.7 Å². The lowest BCUT2D eigenvalue weighted by Gasteiger charge is -2.28. The van der Waals surface area contributed by atoms with Crippen LogP contribution in [-0.4, -0.2) is 57.9 Å². The molecule has 1 aromatic heterocycles. The molecule has 1 aromatic carbocycles. The van der Waals surface area contributed by atoms with Gasteiger partial charge in [0.05, 0.1) is 43.5 Å². The fraction of sp³-hybridized carbons (Fsp3) is 0.476. The lowest BCUT2D eigenvalue weighted by molar-refractivity contribution is -0.0136. The molecule has 2 aliphatic heterocycles. The van der Waals surface area contributed by atoms with Crippen LogP contribution in [0.3, 0.4) is 0 Å². The first-order valence-corrected chi connectivity index (χ1v) is 10.9. The minimum atomic E-state index is -3.05. The van der Waals surface area contributed by atoms with E-state index in [9.17, 15) is 26.7 Å². The lowest BCUT2D eigenvalue weighted by atomic mass is 10.0. The molecule has 3 heterocycles. The first-order valence-electron chi connectivity index (χ1n) is 10.6. The number of hydrogen-bond donors (Lipinski definition) is 2. The average molecular weight is 505 g/mol. The van der Waals surface area contributed by atoms with Crippen LogP contribution < -0.4 is 10.6 Å². The molecule has 2 aliphatic rings. The predicted molar refractivity (Wildman–Crippen MR) is 114 cm³/mol. The summed E-state index contributed by atoms with van der Waals surface area (Å²) in [5.41, 5.74) is 0.211. The number of carbonyl (C=O) groups is 1. The predicted octanol–water partition coefficient (Wildman–Crippen LogP) is 4.36. The summed E-state index contributed by atoms with van der Waals surface area (Å²) >= 11 is 6.03. The van der Waals surface area contributed by atoms with Crippen molar-refractivity contribution in [3.8, 4) is 0 Å². The maximum absolute atomic E-state index is 14.6. The Morgan fingerprint density at radius 3 is 2.68 bits per heavy atom. The summed E-state index contributed by atoms with van der Waals surface area (Å²) in [5, 5.41) is 5.45. The van der Waals surface area contributed by atoms with E-state index in [-0.39, 0.29) is 42.8 Å². The van der Waals surface area contributed by atoms with Crippen molar-refractivity contribution in [2.45, 2.75) is 38.4 Å². The average Bonchev–Trinajstić information content (AvgIpc) is 3.10. The lowest BCUT2D eigenvalue weighted by Crippen LogP contribution is -2.46.